The number of hydrogen-bond acceptors (Lipinski definition) is 5. The minimum Gasteiger partial charge on any atom is -0.247 e. The standard InChI is InChI=1S/C45H27N5/c1-2-10-29(11-3-1)37-23-20-30-17-18-31-21-24-40(49-44(31)43(30)47-37)45-46-26-25-38(50-45)32-12-8-13-33(27-32)42-36-22-19-28-9-4-5-14-34(28)41(36)35-15-6-7-16-39(35)48-42/h1-27H. The topological polar surface area (TPSA) is 64.5 Å². The van der Waals surface area contributed by atoms with Crippen LogP contribution in [0.5, 0.6) is 0 Å². The molecule has 0 bridgehead atoms. The number of hydrogen-bond donors (Lipinski definition) is 0. The van der Waals surface area contributed by atoms with Gasteiger partial charge in [0.05, 0.1) is 33.6 Å². The molecule has 5 nitrogen and oxygen atoms in total. The van der Waals surface area contributed by atoms with Crippen molar-refractivity contribution in [1.82, 2.24) is 24.9 Å². The van der Waals surface area contributed by atoms with E-state index in [1.54, 1.807) is 6.20 Å². The largest absolute Gasteiger partial charge is 0.247 e. The lowest BCUT2D eigenvalue weighted by Gasteiger charge is -2.13. The van der Waals surface area contributed by atoms with Gasteiger partial charge < -0.3 is 0 Å². The van der Waals surface area contributed by atoms with Crippen LogP contribution in [0.1, 0.15) is 0 Å². The summed E-state index contributed by atoms with van der Waals surface area (Å²) in [4.78, 5) is 25.1. The summed E-state index contributed by atoms with van der Waals surface area (Å²) in [6.45, 7) is 0. The maximum absolute atomic E-state index is 5.21. The van der Waals surface area contributed by atoms with Crippen LogP contribution < -0.4 is 0 Å². The molecule has 0 N–H and O–H groups in total. The summed E-state index contributed by atoms with van der Waals surface area (Å²) in [6.07, 6.45) is 1.81. The Hall–Kier alpha value is -6.85. The first-order chi connectivity index (χ1) is 24.8. The van der Waals surface area contributed by atoms with Gasteiger partial charge in [0.1, 0.15) is 5.69 Å². The van der Waals surface area contributed by atoms with Crippen LogP contribution in [0.3, 0.4) is 0 Å². The molecule has 4 aromatic heterocycles. The minimum atomic E-state index is 0.562. The highest BCUT2D eigenvalue weighted by molar-refractivity contribution is 6.22. The van der Waals surface area contributed by atoms with Gasteiger partial charge in [0, 0.05) is 49.8 Å². The van der Waals surface area contributed by atoms with E-state index in [4.69, 9.17) is 19.9 Å². The summed E-state index contributed by atoms with van der Waals surface area (Å²) in [7, 11) is 0. The van der Waals surface area contributed by atoms with E-state index in [1.807, 2.05) is 30.3 Å². The molecular weight excluding hydrogens is 611 g/mol. The maximum atomic E-state index is 5.21. The average Bonchev–Trinajstić information content (AvgIpc) is 3.20. The quantitative estimate of drug-likeness (QED) is 0.180. The fourth-order valence-corrected chi connectivity index (χ4v) is 7.07. The molecule has 4 heterocycles. The Labute approximate surface area is 287 Å². The molecule has 50 heavy (non-hydrogen) atoms. The predicted molar refractivity (Wildman–Crippen MR) is 205 cm³/mol. The molecule has 0 saturated heterocycles. The van der Waals surface area contributed by atoms with Gasteiger partial charge in [-0.05, 0) is 41.1 Å². The first-order valence-electron chi connectivity index (χ1n) is 16.7. The van der Waals surface area contributed by atoms with Gasteiger partial charge in [-0.3, -0.25) is 0 Å². The monoisotopic (exact) mass is 637 g/mol. The Morgan fingerprint density at radius 3 is 1.86 bits per heavy atom. The SMILES string of the molecule is c1ccc(-c2ccc3ccc4ccc(-c5nccc(-c6cccc(-c7nc8ccccc8c8c7ccc7ccccc78)c6)n5)nc4c3n2)cc1. The molecule has 0 spiro atoms. The van der Waals surface area contributed by atoms with E-state index in [0.717, 1.165) is 71.9 Å². The lowest BCUT2D eigenvalue weighted by Crippen LogP contribution is -1.96. The molecule has 0 aliphatic carbocycles. The molecule has 0 atom stereocenters. The highest BCUT2D eigenvalue weighted by Gasteiger charge is 2.15. The van der Waals surface area contributed by atoms with E-state index in [0.29, 0.717) is 11.5 Å². The van der Waals surface area contributed by atoms with Crippen LogP contribution in [0.25, 0.3) is 99.5 Å². The smallest absolute Gasteiger partial charge is 0.178 e. The Bertz CT molecular complexity index is 2920. The molecule has 10 aromatic rings. The molecule has 0 unspecified atom stereocenters. The van der Waals surface area contributed by atoms with Gasteiger partial charge in [0.25, 0.3) is 0 Å². The van der Waals surface area contributed by atoms with Gasteiger partial charge in [0.15, 0.2) is 5.82 Å². The van der Waals surface area contributed by atoms with Gasteiger partial charge in [-0.2, -0.15) is 0 Å². The van der Waals surface area contributed by atoms with Crippen LogP contribution in [-0.2, 0) is 0 Å². The van der Waals surface area contributed by atoms with Crippen LogP contribution in [-0.4, -0.2) is 24.9 Å². The number of benzene rings is 6. The Morgan fingerprint density at radius 2 is 1.00 bits per heavy atom. The van der Waals surface area contributed by atoms with E-state index in [-0.39, 0.29) is 0 Å². The molecule has 0 aliphatic rings. The number of pyridine rings is 3. The van der Waals surface area contributed by atoms with E-state index < -0.39 is 0 Å². The maximum Gasteiger partial charge on any atom is 0.178 e. The van der Waals surface area contributed by atoms with E-state index >= 15 is 0 Å². The Balaban J connectivity index is 1.09. The van der Waals surface area contributed by atoms with E-state index in [2.05, 4.69) is 132 Å². The Kier molecular flexibility index (Phi) is 6.42. The highest BCUT2D eigenvalue weighted by atomic mass is 14.9. The summed E-state index contributed by atoms with van der Waals surface area (Å²) >= 11 is 0. The van der Waals surface area contributed by atoms with Crippen molar-refractivity contribution in [2.24, 2.45) is 0 Å². The minimum absolute atomic E-state index is 0.562. The van der Waals surface area contributed by atoms with Crippen molar-refractivity contribution in [3.05, 3.63) is 164 Å². The fourth-order valence-electron chi connectivity index (χ4n) is 7.07. The molecule has 5 heteroatoms. The summed E-state index contributed by atoms with van der Waals surface area (Å²) in [5.74, 6) is 0.562. The van der Waals surface area contributed by atoms with Crippen molar-refractivity contribution in [1.29, 1.82) is 0 Å². The Morgan fingerprint density at radius 1 is 0.360 bits per heavy atom. The van der Waals surface area contributed by atoms with Gasteiger partial charge in [-0.1, -0.05) is 127 Å². The molecular formula is C45H27N5. The average molecular weight is 638 g/mol. The zero-order valence-electron chi connectivity index (χ0n) is 26.8. The molecule has 0 radical (unpaired) electrons. The van der Waals surface area contributed by atoms with Gasteiger partial charge in [-0.15, -0.1) is 0 Å². The van der Waals surface area contributed by atoms with Gasteiger partial charge in [-0.25, -0.2) is 24.9 Å². The molecule has 0 amide bonds. The summed E-state index contributed by atoms with van der Waals surface area (Å²) in [5.41, 5.74) is 9.12. The highest BCUT2D eigenvalue weighted by Crippen LogP contribution is 2.38. The van der Waals surface area contributed by atoms with Crippen LogP contribution in [0, 0.1) is 0 Å². The molecule has 0 fully saturated rings. The number of fused-ring (bicyclic) bond motifs is 8. The number of para-hydroxylation sites is 1. The zero-order valence-corrected chi connectivity index (χ0v) is 26.8. The third-order valence-electron chi connectivity index (χ3n) is 9.50. The second kappa shape index (κ2) is 11.4. The second-order valence-electron chi connectivity index (χ2n) is 12.5. The van der Waals surface area contributed by atoms with E-state index in [9.17, 15) is 0 Å². The number of rotatable bonds is 4. The first-order valence-corrected chi connectivity index (χ1v) is 16.7. The van der Waals surface area contributed by atoms with Crippen molar-refractivity contribution in [3.63, 3.8) is 0 Å². The lowest BCUT2D eigenvalue weighted by atomic mass is 9.94. The number of nitrogens with zero attached hydrogens (tertiary/aromatic N) is 5. The van der Waals surface area contributed by atoms with Crippen molar-refractivity contribution in [3.8, 4) is 45.3 Å². The third-order valence-corrected chi connectivity index (χ3v) is 9.50. The van der Waals surface area contributed by atoms with Crippen LogP contribution in [0.4, 0.5) is 0 Å². The zero-order chi connectivity index (χ0) is 33.0. The lowest BCUT2D eigenvalue weighted by molar-refractivity contribution is 1.15. The molecule has 0 saturated carbocycles. The first kappa shape index (κ1) is 28.2. The van der Waals surface area contributed by atoms with E-state index in [1.165, 1.54) is 16.2 Å². The van der Waals surface area contributed by atoms with Gasteiger partial charge in [0.2, 0.25) is 0 Å². The van der Waals surface area contributed by atoms with Crippen molar-refractivity contribution < 1.29 is 0 Å². The van der Waals surface area contributed by atoms with Crippen molar-refractivity contribution in [2.45, 2.75) is 0 Å². The fraction of sp³-hybridized carbons (Fsp3) is 0. The number of aromatic nitrogens is 5. The molecule has 10 rings (SSSR count). The summed E-state index contributed by atoms with van der Waals surface area (Å²) in [6, 6.07) is 54.4. The van der Waals surface area contributed by atoms with Gasteiger partial charge >= 0.3 is 0 Å². The van der Waals surface area contributed by atoms with Crippen LogP contribution in [0.2, 0.25) is 0 Å². The molecule has 232 valence electrons. The summed E-state index contributed by atoms with van der Waals surface area (Å²) in [5, 5.41) is 8.00. The van der Waals surface area contributed by atoms with Crippen molar-refractivity contribution in [2.75, 3.05) is 0 Å². The molecule has 0 aliphatic heterocycles. The molecule has 6 aromatic carbocycles. The van der Waals surface area contributed by atoms with Crippen LogP contribution >= 0.6 is 0 Å². The third kappa shape index (κ3) is 4.67. The second-order valence-corrected chi connectivity index (χ2v) is 12.5. The van der Waals surface area contributed by atoms with Crippen molar-refractivity contribution >= 4 is 54.3 Å². The predicted octanol–water partition coefficient (Wildman–Crippen LogP) is 11.1. The summed E-state index contributed by atoms with van der Waals surface area (Å²) < 4.78 is 0. The van der Waals surface area contributed by atoms with Crippen LogP contribution in [0.15, 0.2) is 164 Å². The normalized spacial score (nSPS) is 11.6.